The highest BCUT2D eigenvalue weighted by Crippen LogP contribution is 2.20. The number of sulfonamides is 1. The first-order valence-electron chi connectivity index (χ1n) is 6.11. The number of anilines is 1. The van der Waals surface area contributed by atoms with Crippen molar-refractivity contribution in [2.45, 2.75) is 9.79 Å². The number of hydrogen-bond acceptors (Lipinski definition) is 4. The van der Waals surface area contributed by atoms with Crippen molar-refractivity contribution in [3.05, 3.63) is 54.6 Å². The summed E-state index contributed by atoms with van der Waals surface area (Å²) < 4.78 is 22.9. The summed E-state index contributed by atoms with van der Waals surface area (Å²) in [4.78, 5) is 1.32. The van der Waals surface area contributed by atoms with E-state index in [9.17, 15) is 8.42 Å². The normalized spacial score (nSPS) is 11.2. The van der Waals surface area contributed by atoms with Gasteiger partial charge in [-0.05, 0) is 24.3 Å². The molecular weight excluding hydrogens is 292 g/mol. The van der Waals surface area contributed by atoms with Crippen LogP contribution in [0, 0.1) is 0 Å². The molecule has 0 amide bonds. The molecule has 0 radical (unpaired) electrons. The van der Waals surface area contributed by atoms with Crippen LogP contribution in [-0.2, 0) is 10.0 Å². The summed E-state index contributed by atoms with van der Waals surface area (Å²) >= 11 is 1.71. The monoisotopic (exact) mass is 308 g/mol. The first kappa shape index (κ1) is 14.9. The maximum atomic E-state index is 11.4. The van der Waals surface area contributed by atoms with E-state index in [1.165, 1.54) is 11.0 Å². The lowest BCUT2D eigenvalue weighted by atomic mass is 10.3. The van der Waals surface area contributed by atoms with Gasteiger partial charge in [0.1, 0.15) is 4.90 Å². The number of primary sulfonamides is 1. The van der Waals surface area contributed by atoms with E-state index >= 15 is 0 Å². The second-order valence-electron chi connectivity index (χ2n) is 4.13. The van der Waals surface area contributed by atoms with Crippen LogP contribution in [0.4, 0.5) is 5.69 Å². The highest BCUT2D eigenvalue weighted by molar-refractivity contribution is 7.99. The minimum absolute atomic E-state index is 0.129. The van der Waals surface area contributed by atoms with Gasteiger partial charge in [0.05, 0.1) is 5.69 Å². The summed E-state index contributed by atoms with van der Waals surface area (Å²) in [5, 5.41) is 8.29. The van der Waals surface area contributed by atoms with Crippen molar-refractivity contribution in [1.29, 1.82) is 0 Å². The van der Waals surface area contributed by atoms with Gasteiger partial charge in [-0.2, -0.15) is 0 Å². The summed E-state index contributed by atoms with van der Waals surface area (Å²) in [7, 11) is -3.69. The van der Waals surface area contributed by atoms with Crippen LogP contribution in [0.15, 0.2) is 64.4 Å². The molecule has 0 aliphatic rings. The molecule has 4 nitrogen and oxygen atoms in total. The van der Waals surface area contributed by atoms with Gasteiger partial charge in [0.2, 0.25) is 10.0 Å². The number of para-hydroxylation sites is 1. The van der Waals surface area contributed by atoms with Crippen molar-refractivity contribution < 1.29 is 8.42 Å². The third-order valence-electron chi connectivity index (χ3n) is 2.62. The van der Waals surface area contributed by atoms with E-state index in [1.807, 2.05) is 30.3 Å². The van der Waals surface area contributed by atoms with Gasteiger partial charge in [-0.15, -0.1) is 11.8 Å². The second-order valence-corrected chi connectivity index (χ2v) is 6.83. The van der Waals surface area contributed by atoms with E-state index in [-0.39, 0.29) is 4.90 Å². The van der Waals surface area contributed by atoms with E-state index in [0.29, 0.717) is 12.2 Å². The van der Waals surface area contributed by atoms with E-state index in [1.54, 1.807) is 30.0 Å². The number of hydrogen-bond donors (Lipinski definition) is 2. The summed E-state index contributed by atoms with van der Waals surface area (Å²) in [6.45, 7) is 0.659. The Morgan fingerprint density at radius 1 is 1.00 bits per heavy atom. The highest BCUT2D eigenvalue weighted by Gasteiger charge is 2.12. The maximum absolute atomic E-state index is 11.4. The Morgan fingerprint density at radius 3 is 2.35 bits per heavy atom. The van der Waals surface area contributed by atoms with Crippen molar-refractivity contribution in [2.75, 3.05) is 17.6 Å². The van der Waals surface area contributed by atoms with E-state index in [0.717, 1.165) is 5.75 Å². The van der Waals surface area contributed by atoms with E-state index < -0.39 is 10.0 Å². The number of rotatable bonds is 6. The molecule has 3 N–H and O–H groups in total. The number of nitrogens with two attached hydrogens (primary N) is 1. The fraction of sp³-hybridized carbons (Fsp3) is 0.143. The molecule has 0 aliphatic heterocycles. The topological polar surface area (TPSA) is 72.2 Å². The zero-order valence-electron chi connectivity index (χ0n) is 10.8. The van der Waals surface area contributed by atoms with Crippen LogP contribution >= 0.6 is 11.8 Å². The molecule has 0 bridgehead atoms. The van der Waals surface area contributed by atoms with Crippen LogP contribution in [0.2, 0.25) is 0 Å². The number of nitrogens with one attached hydrogen (secondary N) is 1. The third kappa shape index (κ3) is 4.26. The van der Waals surface area contributed by atoms with E-state index in [2.05, 4.69) is 5.32 Å². The van der Waals surface area contributed by atoms with Crippen molar-refractivity contribution in [1.82, 2.24) is 0 Å². The zero-order valence-corrected chi connectivity index (χ0v) is 12.5. The molecule has 0 atom stereocenters. The molecule has 0 saturated heterocycles. The molecule has 0 fully saturated rings. The standard InChI is InChI=1S/C14H16N2O2S2/c15-20(17,18)14-9-5-4-8-13(14)16-10-11-19-12-6-2-1-3-7-12/h1-9,16H,10-11H2,(H2,15,17,18). The molecule has 2 aromatic rings. The summed E-state index contributed by atoms with van der Waals surface area (Å²) in [6, 6.07) is 16.7. The highest BCUT2D eigenvalue weighted by atomic mass is 32.2. The van der Waals surface area contributed by atoms with Crippen LogP contribution in [0.5, 0.6) is 0 Å². The minimum Gasteiger partial charge on any atom is -0.383 e. The van der Waals surface area contributed by atoms with Crippen LogP contribution in [0.3, 0.4) is 0 Å². The largest absolute Gasteiger partial charge is 0.383 e. The molecule has 6 heteroatoms. The van der Waals surface area contributed by atoms with Crippen molar-refractivity contribution >= 4 is 27.5 Å². The Balaban J connectivity index is 1.92. The number of thioether (sulfide) groups is 1. The van der Waals surface area contributed by atoms with Gasteiger partial charge in [0, 0.05) is 17.2 Å². The first-order chi connectivity index (χ1) is 9.57. The Labute approximate surface area is 123 Å². The third-order valence-corrected chi connectivity index (χ3v) is 4.61. The predicted octanol–water partition coefficient (Wildman–Crippen LogP) is 2.54. The second kappa shape index (κ2) is 6.78. The Bertz CT molecular complexity index is 658. The Hall–Kier alpha value is -1.50. The Morgan fingerprint density at radius 2 is 1.65 bits per heavy atom. The average Bonchev–Trinajstić information content (AvgIpc) is 2.44. The molecule has 20 heavy (non-hydrogen) atoms. The lowest BCUT2D eigenvalue weighted by Crippen LogP contribution is -2.15. The zero-order chi connectivity index (χ0) is 14.4. The SMILES string of the molecule is NS(=O)(=O)c1ccccc1NCCSc1ccccc1. The lowest BCUT2D eigenvalue weighted by molar-refractivity contribution is 0.598. The predicted molar refractivity (Wildman–Crippen MR) is 83.5 cm³/mol. The van der Waals surface area contributed by atoms with E-state index in [4.69, 9.17) is 5.14 Å². The average molecular weight is 308 g/mol. The van der Waals surface area contributed by atoms with Crippen molar-refractivity contribution in [3.63, 3.8) is 0 Å². The molecular formula is C14H16N2O2S2. The van der Waals surface area contributed by atoms with Gasteiger partial charge in [-0.1, -0.05) is 30.3 Å². The van der Waals surface area contributed by atoms with Crippen LogP contribution in [0.25, 0.3) is 0 Å². The summed E-state index contributed by atoms with van der Waals surface area (Å²) in [5.41, 5.74) is 0.545. The quantitative estimate of drug-likeness (QED) is 0.635. The molecule has 0 aliphatic carbocycles. The van der Waals surface area contributed by atoms with Crippen LogP contribution in [-0.4, -0.2) is 20.7 Å². The van der Waals surface area contributed by atoms with Gasteiger partial charge in [0.25, 0.3) is 0 Å². The smallest absolute Gasteiger partial charge is 0.240 e. The minimum atomic E-state index is -3.69. The van der Waals surface area contributed by atoms with Gasteiger partial charge in [-0.3, -0.25) is 0 Å². The van der Waals surface area contributed by atoms with Gasteiger partial charge in [0.15, 0.2) is 0 Å². The molecule has 2 rings (SSSR count). The van der Waals surface area contributed by atoms with Crippen molar-refractivity contribution in [3.8, 4) is 0 Å². The molecule has 0 unspecified atom stereocenters. The first-order valence-corrected chi connectivity index (χ1v) is 8.64. The summed E-state index contributed by atoms with van der Waals surface area (Å²) in [6.07, 6.45) is 0. The molecule has 0 heterocycles. The van der Waals surface area contributed by atoms with Crippen molar-refractivity contribution in [2.24, 2.45) is 5.14 Å². The van der Waals surface area contributed by atoms with Crippen LogP contribution < -0.4 is 10.5 Å². The summed E-state index contributed by atoms with van der Waals surface area (Å²) in [5.74, 6) is 0.836. The molecule has 2 aromatic carbocycles. The molecule has 0 aromatic heterocycles. The molecule has 106 valence electrons. The molecule has 0 saturated carbocycles. The maximum Gasteiger partial charge on any atom is 0.240 e. The van der Waals surface area contributed by atoms with Crippen LogP contribution in [0.1, 0.15) is 0 Å². The number of benzene rings is 2. The van der Waals surface area contributed by atoms with Gasteiger partial charge < -0.3 is 5.32 Å². The fourth-order valence-electron chi connectivity index (χ4n) is 1.73. The van der Waals surface area contributed by atoms with Gasteiger partial charge >= 0.3 is 0 Å². The Kier molecular flexibility index (Phi) is 5.05. The fourth-order valence-corrected chi connectivity index (χ4v) is 3.24. The van der Waals surface area contributed by atoms with Gasteiger partial charge in [-0.25, -0.2) is 13.6 Å². The molecule has 0 spiro atoms. The lowest BCUT2D eigenvalue weighted by Gasteiger charge is -2.10.